The van der Waals surface area contributed by atoms with Crippen molar-refractivity contribution in [2.75, 3.05) is 26.8 Å². The first-order chi connectivity index (χ1) is 13.0. The fourth-order valence-electron chi connectivity index (χ4n) is 3.21. The molecule has 0 spiro atoms. The maximum Gasteiger partial charge on any atom is 0.343 e. The molecule has 1 aromatic carbocycles. The average Bonchev–Trinajstić information content (AvgIpc) is 2.90. The highest BCUT2D eigenvalue weighted by Gasteiger charge is 2.28. The van der Waals surface area contributed by atoms with Crippen LogP contribution in [0, 0.1) is 11.7 Å². The second kappa shape index (κ2) is 8.65. The zero-order valence-corrected chi connectivity index (χ0v) is 15.5. The number of carbonyl (C=O) groups excluding carboxylic acids is 1. The predicted octanol–water partition coefficient (Wildman–Crippen LogP) is 2.40. The summed E-state index contributed by atoms with van der Waals surface area (Å²) in [5.41, 5.74) is 0.189. The fourth-order valence-corrected chi connectivity index (χ4v) is 3.32. The number of benzene rings is 1. The molecule has 3 rings (SSSR count). The van der Waals surface area contributed by atoms with E-state index < -0.39 is 23.4 Å². The second-order valence-electron chi connectivity index (χ2n) is 6.30. The first-order valence-corrected chi connectivity index (χ1v) is 8.94. The van der Waals surface area contributed by atoms with Crippen LogP contribution in [0.15, 0.2) is 41.3 Å². The van der Waals surface area contributed by atoms with Crippen LogP contribution in [0.25, 0.3) is 0 Å². The number of pyridine rings is 1. The Labute approximate surface area is 160 Å². The molecule has 1 fully saturated rings. The summed E-state index contributed by atoms with van der Waals surface area (Å²) in [6.45, 7) is 1.98. The third kappa shape index (κ3) is 4.37. The monoisotopic (exact) mass is 394 g/mol. The van der Waals surface area contributed by atoms with Gasteiger partial charge in [0.15, 0.2) is 0 Å². The van der Waals surface area contributed by atoms with Crippen molar-refractivity contribution in [2.45, 2.75) is 12.6 Å². The van der Waals surface area contributed by atoms with Crippen molar-refractivity contribution in [3.63, 3.8) is 0 Å². The van der Waals surface area contributed by atoms with Gasteiger partial charge in [0.25, 0.3) is 5.56 Å². The van der Waals surface area contributed by atoms with Gasteiger partial charge in [0, 0.05) is 31.7 Å². The molecule has 27 heavy (non-hydrogen) atoms. The van der Waals surface area contributed by atoms with Crippen LogP contribution in [-0.2, 0) is 16.0 Å². The molecule has 1 saturated heterocycles. The molecule has 0 unspecified atom stereocenters. The first kappa shape index (κ1) is 19.5. The zero-order chi connectivity index (χ0) is 19.4. The van der Waals surface area contributed by atoms with Gasteiger partial charge in [-0.05, 0) is 29.8 Å². The highest BCUT2D eigenvalue weighted by molar-refractivity contribution is 6.30. The van der Waals surface area contributed by atoms with Gasteiger partial charge in [-0.3, -0.25) is 4.79 Å². The molecule has 0 saturated carbocycles. The summed E-state index contributed by atoms with van der Waals surface area (Å²) in [4.78, 5) is 24.4. The molecule has 2 aromatic rings. The van der Waals surface area contributed by atoms with Gasteiger partial charge in [0.1, 0.15) is 11.4 Å². The molecule has 2 heterocycles. The van der Waals surface area contributed by atoms with Gasteiger partial charge in [0.05, 0.1) is 24.8 Å². The van der Waals surface area contributed by atoms with E-state index >= 15 is 0 Å². The van der Waals surface area contributed by atoms with Gasteiger partial charge < -0.3 is 19.4 Å². The van der Waals surface area contributed by atoms with E-state index in [1.54, 1.807) is 18.3 Å². The molecule has 0 aliphatic carbocycles. The Balaban J connectivity index is 1.92. The van der Waals surface area contributed by atoms with Crippen molar-refractivity contribution in [3.05, 3.63) is 68.8 Å². The smallest absolute Gasteiger partial charge is 0.343 e. The Bertz CT molecular complexity index is 886. The second-order valence-corrected chi connectivity index (χ2v) is 6.71. The third-order valence-corrected chi connectivity index (χ3v) is 4.85. The summed E-state index contributed by atoms with van der Waals surface area (Å²) in [6, 6.07) is 7.63. The van der Waals surface area contributed by atoms with Crippen LogP contribution in [0.2, 0.25) is 5.02 Å². The quantitative estimate of drug-likeness (QED) is 0.806. The van der Waals surface area contributed by atoms with E-state index in [1.165, 1.54) is 29.9 Å². The van der Waals surface area contributed by atoms with E-state index in [-0.39, 0.29) is 16.5 Å². The normalized spacial score (nSPS) is 20.1. The predicted molar refractivity (Wildman–Crippen MR) is 98.5 cm³/mol. The number of nitrogens with zero attached hydrogens (tertiary/aromatic N) is 1. The number of aromatic nitrogens is 1. The third-order valence-electron chi connectivity index (χ3n) is 4.54. The SMILES string of the molecule is COC(=O)c1cccn(C[C@@H]2CNCCO[C@H]2c2ccc(Cl)c(F)c2)c1=O. The lowest BCUT2D eigenvalue weighted by molar-refractivity contribution is 0.0248. The van der Waals surface area contributed by atoms with Crippen LogP contribution >= 0.6 is 11.6 Å². The molecule has 1 N–H and O–H groups in total. The summed E-state index contributed by atoms with van der Waals surface area (Å²) in [7, 11) is 1.23. The highest BCUT2D eigenvalue weighted by Crippen LogP contribution is 2.30. The van der Waals surface area contributed by atoms with Crippen LogP contribution in [0.4, 0.5) is 4.39 Å². The number of ether oxygens (including phenoxy) is 2. The number of hydrogen-bond donors (Lipinski definition) is 1. The van der Waals surface area contributed by atoms with E-state index in [2.05, 4.69) is 10.1 Å². The average molecular weight is 395 g/mol. The molecule has 1 aliphatic heterocycles. The fraction of sp³-hybridized carbons (Fsp3) is 0.368. The van der Waals surface area contributed by atoms with Gasteiger partial charge in [-0.25, -0.2) is 9.18 Å². The molecule has 0 bridgehead atoms. The van der Waals surface area contributed by atoms with Gasteiger partial charge in [0.2, 0.25) is 0 Å². The number of halogens is 2. The van der Waals surface area contributed by atoms with Gasteiger partial charge in [-0.1, -0.05) is 17.7 Å². The highest BCUT2D eigenvalue weighted by atomic mass is 35.5. The number of carbonyl (C=O) groups is 1. The molecule has 0 amide bonds. The van der Waals surface area contributed by atoms with Crippen LogP contribution < -0.4 is 10.9 Å². The van der Waals surface area contributed by atoms with Crippen molar-refractivity contribution >= 4 is 17.6 Å². The molecule has 0 radical (unpaired) electrons. The number of rotatable bonds is 4. The molecular weight excluding hydrogens is 375 g/mol. The van der Waals surface area contributed by atoms with E-state index in [9.17, 15) is 14.0 Å². The standard InChI is InChI=1S/C19H20ClFN2O4/c1-26-19(25)14-3-2-7-23(18(14)24)11-13-10-22-6-8-27-17(13)12-4-5-15(20)16(21)9-12/h2-5,7,9,13,17,22H,6,8,10-11H2,1H3/t13-,17-/m0/s1. The van der Waals surface area contributed by atoms with Crippen molar-refractivity contribution in [1.82, 2.24) is 9.88 Å². The summed E-state index contributed by atoms with van der Waals surface area (Å²) < 4.78 is 26.0. The molecular formula is C19H20ClFN2O4. The van der Waals surface area contributed by atoms with E-state index in [4.69, 9.17) is 16.3 Å². The number of esters is 1. The van der Waals surface area contributed by atoms with E-state index in [0.717, 1.165) is 0 Å². The van der Waals surface area contributed by atoms with Gasteiger partial charge in [-0.2, -0.15) is 0 Å². The Morgan fingerprint density at radius 2 is 2.26 bits per heavy atom. The largest absolute Gasteiger partial charge is 0.465 e. The molecule has 6 nitrogen and oxygen atoms in total. The van der Waals surface area contributed by atoms with Crippen LogP contribution in [-0.4, -0.2) is 37.3 Å². The van der Waals surface area contributed by atoms with Crippen LogP contribution in [0.3, 0.4) is 0 Å². The van der Waals surface area contributed by atoms with Crippen LogP contribution in [0.1, 0.15) is 22.0 Å². The minimum Gasteiger partial charge on any atom is -0.465 e. The minimum atomic E-state index is -0.680. The maximum atomic E-state index is 13.9. The Morgan fingerprint density at radius 3 is 3.00 bits per heavy atom. The lowest BCUT2D eigenvalue weighted by atomic mass is 9.95. The molecule has 1 aromatic heterocycles. The molecule has 2 atom stereocenters. The zero-order valence-electron chi connectivity index (χ0n) is 14.8. The Morgan fingerprint density at radius 1 is 1.44 bits per heavy atom. The minimum absolute atomic E-state index is 0.0309. The number of methoxy groups -OCH3 is 1. The van der Waals surface area contributed by atoms with Gasteiger partial charge in [-0.15, -0.1) is 0 Å². The summed E-state index contributed by atoms with van der Waals surface area (Å²) in [6.07, 6.45) is 1.19. The molecule has 8 heteroatoms. The van der Waals surface area contributed by atoms with Crippen LogP contribution in [0.5, 0.6) is 0 Å². The van der Waals surface area contributed by atoms with Crippen molar-refractivity contribution < 1.29 is 18.7 Å². The molecule has 144 valence electrons. The number of hydrogen-bond acceptors (Lipinski definition) is 5. The van der Waals surface area contributed by atoms with Gasteiger partial charge >= 0.3 is 5.97 Å². The first-order valence-electron chi connectivity index (χ1n) is 8.56. The summed E-state index contributed by atoms with van der Waals surface area (Å²) in [5, 5.41) is 3.30. The maximum absolute atomic E-state index is 13.9. The lowest BCUT2D eigenvalue weighted by Gasteiger charge is -2.26. The van der Waals surface area contributed by atoms with E-state index in [0.29, 0.717) is 31.8 Å². The van der Waals surface area contributed by atoms with Crippen molar-refractivity contribution in [2.24, 2.45) is 5.92 Å². The van der Waals surface area contributed by atoms with E-state index in [1.807, 2.05) is 0 Å². The number of nitrogens with one attached hydrogen (secondary N) is 1. The Kier molecular flexibility index (Phi) is 6.26. The van der Waals surface area contributed by atoms with Crippen molar-refractivity contribution in [1.29, 1.82) is 0 Å². The topological polar surface area (TPSA) is 69.6 Å². The Hall–Kier alpha value is -2.22. The molecule has 1 aliphatic rings. The lowest BCUT2D eigenvalue weighted by Crippen LogP contribution is -2.34. The summed E-state index contributed by atoms with van der Waals surface area (Å²) >= 11 is 5.78. The summed E-state index contributed by atoms with van der Waals surface area (Å²) in [5.74, 6) is -1.35. The van der Waals surface area contributed by atoms with Crippen molar-refractivity contribution in [3.8, 4) is 0 Å².